The maximum atomic E-state index is 14.2. The van der Waals surface area contributed by atoms with Crippen LogP contribution in [0.5, 0.6) is 11.5 Å². The van der Waals surface area contributed by atoms with Crippen molar-refractivity contribution in [1.82, 2.24) is 9.97 Å². The lowest BCUT2D eigenvalue weighted by Crippen LogP contribution is -2.23. The number of thiophene rings is 2. The van der Waals surface area contributed by atoms with Gasteiger partial charge < -0.3 is 18.9 Å². The van der Waals surface area contributed by atoms with Gasteiger partial charge in [0.15, 0.2) is 0 Å². The quantitative estimate of drug-likeness (QED) is 0.0829. The summed E-state index contributed by atoms with van der Waals surface area (Å²) in [6.45, 7) is 0.0144. The number of hydrogen-bond donors (Lipinski definition) is 0. The second kappa shape index (κ2) is 18.0. The maximum absolute atomic E-state index is 14.2. The lowest BCUT2D eigenvalue weighted by Gasteiger charge is -2.30. The van der Waals surface area contributed by atoms with Gasteiger partial charge in [0.25, 0.3) is 0 Å². The number of aliphatic imine (C=N–C) groups is 2. The Balaban J connectivity index is 1.28. The van der Waals surface area contributed by atoms with Gasteiger partial charge in [0.05, 0.1) is 36.8 Å². The number of hydrogen-bond acceptors (Lipinski definition) is 18. The van der Waals surface area contributed by atoms with Crippen LogP contribution in [0.25, 0.3) is 30.9 Å². The molecule has 0 saturated carbocycles. The predicted molar refractivity (Wildman–Crippen MR) is 235 cm³/mol. The fourth-order valence-corrected chi connectivity index (χ4v) is 11.2. The molecule has 0 saturated heterocycles. The Morgan fingerprint density at radius 1 is 0.613 bits per heavy atom. The molecule has 2 aliphatic carbocycles. The first-order valence-corrected chi connectivity index (χ1v) is 21.5. The van der Waals surface area contributed by atoms with Crippen LogP contribution in [0.1, 0.15) is 44.1 Å². The van der Waals surface area contributed by atoms with Crippen molar-refractivity contribution in [1.29, 1.82) is 21.0 Å². The smallest absolute Gasteiger partial charge is 0.340 e. The predicted octanol–water partition coefficient (Wildman–Crippen LogP) is 9.46. The molecule has 0 bridgehead atoms. The van der Waals surface area contributed by atoms with E-state index in [1.165, 1.54) is 36.9 Å². The third kappa shape index (κ3) is 8.15. The molecule has 2 atom stereocenters. The zero-order valence-electron chi connectivity index (χ0n) is 32.3. The van der Waals surface area contributed by atoms with Crippen LogP contribution in [0.4, 0.5) is 10.0 Å². The van der Waals surface area contributed by atoms with Crippen LogP contribution in [-0.2, 0) is 32.3 Å². The highest BCUT2D eigenvalue weighted by Crippen LogP contribution is 2.57. The van der Waals surface area contributed by atoms with Gasteiger partial charge in [0.2, 0.25) is 11.4 Å². The Kier molecular flexibility index (Phi) is 11.9. The summed E-state index contributed by atoms with van der Waals surface area (Å²) in [7, 11) is 2.96. The molecule has 0 amide bonds. The topological polar surface area (TPSA) is 217 Å². The number of methoxy groups -OCH3 is 2. The third-order valence-corrected chi connectivity index (χ3v) is 14.1. The summed E-state index contributed by atoms with van der Waals surface area (Å²) in [5, 5.41) is 39.1. The zero-order chi connectivity index (χ0) is 43.3. The van der Waals surface area contributed by atoms with Crippen LogP contribution in [0, 0.1) is 45.3 Å². The van der Waals surface area contributed by atoms with E-state index < -0.39 is 23.8 Å². The molecule has 4 heterocycles. The van der Waals surface area contributed by atoms with Crippen LogP contribution in [0.3, 0.4) is 0 Å². The molecule has 302 valence electrons. The van der Waals surface area contributed by atoms with E-state index in [1.54, 1.807) is 48.6 Å². The van der Waals surface area contributed by atoms with E-state index in [1.807, 2.05) is 60.7 Å². The third-order valence-electron chi connectivity index (χ3n) is 9.43. The number of ether oxygens (including phenoxy) is 4. The van der Waals surface area contributed by atoms with E-state index >= 15 is 0 Å². The first-order valence-electron chi connectivity index (χ1n) is 18.3. The fraction of sp³-hybridized carbons (Fsp3) is 0.136. The number of benzene rings is 2. The number of esters is 2. The summed E-state index contributed by atoms with van der Waals surface area (Å²) >= 11 is 4.92. The summed E-state index contributed by atoms with van der Waals surface area (Å²) in [5.41, 5.74) is 2.05. The number of allylic oxidation sites excluding steroid dienone is 2. The van der Waals surface area contributed by atoms with Gasteiger partial charge in [-0.15, -0.1) is 45.3 Å². The van der Waals surface area contributed by atoms with Crippen molar-refractivity contribution >= 4 is 89.9 Å². The average Bonchev–Trinajstić information content (AvgIpc) is 4.13. The van der Waals surface area contributed by atoms with Gasteiger partial charge >= 0.3 is 11.9 Å². The first kappa shape index (κ1) is 41.2. The van der Waals surface area contributed by atoms with Crippen LogP contribution < -0.4 is 9.47 Å². The summed E-state index contributed by atoms with van der Waals surface area (Å²) in [4.78, 5) is 49.2. The number of thiazole rings is 2. The highest BCUT2D eigenvalue weighted by molar-refractivity contribution is 7.25. The Hall–Kier alpha value is -7.58. The number of carbonyl (C=O) groups is 2. The van der Waals surface area contributed by atoms with Gasteiger partial charge in [-0.05, 0) is 11.1 Å². The molecule has 0 radical (unpaired) electrons. The van der Waals surface area contributed by atoms with E-state index in [2.05, 4.69) is 9.98 Å². The summed E-state index contributed by atoms with van der Waals surface area (Å²) in [6, 6.07) is 28.8. The van der Waals surface area contributed by atoms with Crippen LogP contribution in [-0.4, -0.2) is 47.5 Å². The Bertz CT molecular complexity index is 2820. The minimum atomic E-state index is -0.613. The molecule has 4 aromatic heterocycles. The second-order valence-electron chi connectivity index (χ2n) is 13.1. The standard InChI is InChI=1S/C44H26N8O6S4/c1-55-31-15-33(49-25(17-45)18-46)59-39(31)41-51-35-29(43(53)57-21-23-9-5-3-6-10-23)14-28-27(37(35)61-41)13-30(44(54)58-22-24-11-7-4-8-12-24)36-38(28)62-42(52-36)40-32(56-2)16-34(60-40)50-26(19-47)20-48/h3-16,27-28H,21-22H2,1-2H3. The lowest BCUT2D eigenvalue weighted by atomic mass is 9.76. The maximum Gasteiger partial charge on any atom is 0.340 e. The average molecular weight is 891 g/mol. The monoisotopic (exact) mass is 890 g/mol. The Labute approximate surface area is 369 Å². The van der Waals surface area contributed by atoms with E-state index in [-0.39, 0.29) is 35.8 Å². The lowest BCUT2D eigenvalue weighted by molar-refractivity contribution is -0.138. The summed E-state index contributed by atoms with van der Waals surface area (Å²) in [6.07, 6.45) is 3.60. The molecule has 14 nitrogen and oxygen atoms in total. The number of fused-ring (bicyclic) bond motifs is 5. The number of nitrogens with zero attached hydrogens (tertiary/aromatic N) is 8. The van der Waals surface area contributed by atoms with Gasteiger partial charge in [-0.25, -0.2) is 29.5 Å². The van der Waals surface area contributed by atoms with Gasteiger partial charge in [-0.2, -0.15) is 21.0 Å². The first-order chi connectivity index (χ1) is 30.2. The molecule has 2 unspecified atom stereocenters. The molecule has 62 heavy (non-hydrogen) atoms. The highest BCUT2D eigenvalue weighted by Gasteiger charge is 2.43. The molecule has 8 rings (SSSR count). The van der Waals surface area contributed by atoms with Crippen LogP contribution in [0.15, 0.2) is 94.9 Å². The molecule has 6 aromatic rings. The van der Waals surface area contributed by atoms with Crippen molar-refractivity contribution in [3.8, 4) is 55.5 Å². The van der Waals surface area contributed by atoms with Gasteiger partial charge in [-0.3, -0.25) is 0 Å². The summed E-state index contributed by atoms with van der Waals surface area (Å²) < 4.78 is 23.2. The SMILES string of the molecule is COc1cc(N=C(C#N)C#N)sc1-c1nc2c(s1)C1C=C(C(=O)OCc3ccccc3)c3nc(-c4sc(N=C(C#N)C#N)cc4OC)sc3C1C=C2C(=O)OCc1ccccc1. The second-order valence-corrected chi connectivity index (χ2v) is 17.3. The fourth-order valence-electron chi connectivity index (χ4n) is 6.63. The summed E-state index contributed by atoms with van der Waals surface area (Å²) in [5.74, 6) is -1.50. The molecule has 0 spiro atoms. The molecule has 18 heteroatoms. The van der Waals surface area contributed by atoms with E-state index in [9.17, 15) is 30.6 Å². The molecular weight excluding hydrogens is 865 g/mol. The van der Waals surface area contributed by atoms with Gasteiger partial charge in [0.1, 0.15) is 78.8 Å². The van der Waals surface area contributed by atoms with Crippen LogP contribution in [0.2, 0.25) is 0 Å². The molecule has 0 N–H and O–H groups in total. The number of nitriles is 4. The minimum Gasteiger partial charge on any atom is -0.495 e. The van der Waals surface area contributed by atoms with E-state index in [0.717, 1.165) is 33.8 Å². The highest BCUT2D eigenvalue weighted by atomic mass is 32.1. The number of rotatable bonds is 12. The molecular formula is C44H26N8O6S4. The number of aromatic nitrogens is 2. The number of carbonyl (C=O) groups excluding carboxylic acids is 2. The Morgan fingerprint density at radius 2 is 1.00 bits per heavy atom. The molecule has 2 aromatic carbocycles. The van der Waals surface area contributed by atoms with Crippen molar-refractivity contribution in [2.75, 3.05) is 14.2 Å². The van der Waals surface area contributed by atoms with E-state index in [4.69, 9.17) is 28.9 Å². The van der Waals surface area contributed by atoms with Crippen molar-refractivity contribution in [3.63, 3.8) is 0 Å². The zero-order valence-corrected chi connectivity index (χ0v) is 35.6. The van der Waals surface area contributed by atoms with Crippen LogP contribution >= 0.6 is 45.3 Å². The van der Waals surface area contributed by atoms with Crippen molar-refractivity contribution in [3.05, 3.63) is 117 Å². The van der Waals surface area contributed by atoms with Gasteiger partial charge in [-0.1, -0.05) is 72.8 Å². The largest absolute Gasteiger partial charge is 0.495 e. The van der Waals surface area contributed by atoms with Crippen molar-refractivity contribution < 1.29 is 28.5 Å². The van der Waals surface area contributed by atoms with Gasteiger partial charge in [0, 0.05) is 33.7 Å². The minimum absolute atomic E-state index is 0.00718. The van der Waals surface area contributed by atoms with Crippen molar-refractivity contribution in [2.24, 2.45) is 9.98 Å². The molecule has 0 aliphatic heterocycles. The van der Waals surface area contributed by atoms with E-state index in [0.29, 0.717) is 62.4 Å². The molecule has 0 fully saturated rings. The van der Waals surface area contributed by atoms with Crippen molar-refractivity contribution in [2.45, 2.75) is 25.0 Å². The Morgan fingerprint density at radius 3 is 1.35 bits per heavy atom. The molecule has 2 aliphatic rings. The normalized spacial score (nSPS) is 14.4.